The molecule has 0 aromatic carbocycles. The third kappa shape index (κ3) is 64.8. The van der Waals surface area contributed by atoms with E-state index < -0.39 is 20.0 Å². The number of hydrogen-bond acceptors (Lipinski definition) is 6. The van der Waals surface area contributed by atoms with Crippen molar-refractivity contribution in [3.05, 3.63) is 24.3 Å². The molecular weight excluding hydrogens is 1050 g/mol. The van der Waals surface area contributed by atoms with Crippen LogP contribution in [0, 0.1) is 0 Å². The summed E-state index contributed by atoms with van der Waals surface area (Å²) in [6, 6.07) is -0.842. The molecule has 0 saturated heterocycles. The van der Waals surface area contributed by atoms with E-state index in [9.17, 15) is 19.0 Å². The predicted molar refractivity (Wildman–Crippen MR) is 360 cm³/mol. The lowest BCUT2D eigenvalue weighted by Crippen LogP contribution is -2.47. The van der Waals surface area contributed by atoms with Crippen LogP contribution >= 0.6 is 7.82 Å². The van der Waals surface area contributed by atoms with Crippen molar-refractivity contribution >= 4 is 19.7 Å². The summed E-state index contributed by atoms with van der Waals surface area (Å²) < 4.78 is 30.8. The molecule has 0 fully saturated rings. The normalized spacial score (nSPS) is 13.6. The second-order valence-electron chi connectivity index (χ2n) is 26.5. The number of allylic oxidation sites excluding steroid dienone is 3. The minimum atomic E-state index is -4.45. The van der Waals surface area contributed by atoms with Crippen molar-refractivity contribution in [2.24, 2.45) is 0 Å². The molecule has 0 radical (unpaired) electrons. The van der Waals surface area contributed by atoms with Crippen LogP contribution in [0.3, 0.4) is 0 Å². The van der Waals surface area contributed by atoms with Crippen molar-refractivity contribution < 1.29 is 37.3 Å². The molecule has 0 saturated carbocycles. The number of quaternary nitrogens is 1. The van der Waals surface area contributed by atoms with Gasteiger partial charge in [-0.15, -0.1) is 0 Å². The van der Waals surface area contributed by atoms with Crippen molar-refractivity contribution in [3.63, 3.8) is 0 Å². The summed E-state index contributed by atoms with van der Waals surface area (Å²) >= 11 is 0. The Morgan fingerprint density at radius 2 is 0.699 bits per heavy atom. The fourth-order valence-electron chi connectivity index (χ4n) is 11.2. The Bertz CT molecular complexity index is 1470. The number of unbranched alkanes of at least 4 members (excludes halogenated alkanes) is 50. The quantitative estimate of drug-likeness (QED) is 0.0205. The van der Waals surface area contributed by atoms with Gasteiger partial charge in [0.1, 0.15) is 19.3 Å². The summed E-state index contributed by atoms with van der Waals surface area (Å²) in [5.74, 6) is -0.480. The summed E-state index contributed by atoms with van der Waals surface area (Å²) in [6.07, 6.45) is 77.7. The van der Waals surface area contributed by atoms with E-state index in [0.29, 0.717) is 23.9 Å². The maximum atomic E-state index is 13.6. The predicted octanol–water partition coefficient (Wildman–Crippen LogP) is 23.2. The number of ether oxygens (including phenoxy) is 1. The second kappa shape index (κ2) is 63.5. The van der Waals surface area contributed by atoms with Gasteiger partial charge in [0.25, 0.3) is 0 Å². The van der Waals surface area contributed by atoms with Crippen LogP contribution in [0.2, 0.25) is 0 Å². The molecule has 2 N–H and O–H groups in total. The third-order valence-electron chi connectivity index (χ3n) is 16.9. The molecule has 10 heteroatoms. The van der Waals surface area contributed by atoms with Crippen molar-refractivity contribution in [2.75, 3.05) is 40.9 Å². The minimum Gasteiger partial charge on any atom is -0.456 e. The van der Waals surface area contributed by atoms with Gasteiger partial charge in [-0.3, -0.25) is 18.6 Å². The number of likely N-dealkylation sites (N-methyl/N-ethyl adjacent to an activating group) is 1. The van der Waals surface area contributed by atoms with Gasteiger partial charge < -0.3 is 19.4 Å². The summed E-state index contributed by atoms with van der Waals surface area (Å²) in [7, 11) is 1.52. The highest BCUT2D eigenvalue weighted by atomic mass is 31.2. The molecule has 83 heavy (non-hydrogen) atoms. The van der Waals surface area contributed by atoms with Gasteiger partial charge in [-0.2, -0.15) is 0 Å². The van der Waals surface area contributed by atoms with Crippen LogP contribution in [0.25, 0.3) is 0 Å². The number of rotatable bonds is 68. The summed E-state index contributed by atoms with van der Waals surface area (Å²) in [6.45, 7) is 7.08. The first-order valence-corrected chi connectivity index (χ1v) is 38.2. The van der Waals surface area contributed by atoms with Crippen LogP contribution in [0.5, 0.6) is 0 Å². The highest BCUT2D eigenvalue weighted by Crippen LogP contribution is 2.43. The molecule has 0 heterocycles. The molecule has 0 aliphatic rings. The van der Waals surface area contributed by atoms with Crippen LogP contribution in [-0.2, 0) is 27.9 Å². The molecular formula is C73H144N2O7P+. The average molecular weight is 1190 g/mol. The van der Waals surface area contributed by atoms with E-state index in [4.69, 9.17) is 13.8 Å². The van der Waals surface area contributed by atoms with E-state index in [-0.39, 0.29) is 25.1 Å². The average Bonchev–Trinajstić information content (AvgIpc) is 3.51. The highest BCUT2D eigenvalue weighted by Gasteiger charge is 2.30. The molecule has 0 aliphatic carbocycles. The van der Waals surface area contributed by atoms with E-state index in [1.807, 2.05) is 33.3 Å². The molecule has 0 aliphatic heterocycles. The summed E-state index contributed by atoms with van der Waals surface area (Å²) in [5, 5.41) is 3.08. The van der Waals surface area contributed by atoms with E-state index in [2.05, 4.69) is 38.2 Å². The Morgan fingerprint density at radius 1 is 0.410 bits per heavy atom. The molecule has 0 bridgehead atoms. The van der Waals surface area contributed by atoms with Crippen molar-refractivity contribution in [3.8, 4) is 0 Å². The van der Waals surface area contributed by atoms with Crippen LogP contribution in [0.15, 0.2) is 24.3 Å². The molecule has 3 unspecified atom stereocenters. The number of carbonyl (C=O) groups excluding carboxylic acids is 2. The molecule has 0 aromatic heterocycles. The smallest absolute Gasteiger partial charge is 0.456 e. The van der Waals surface area contributed by atoms with Crippen molar-refractivity contribution in [1.29, 1.82) is 0 Å². The summed E-state index contributed by atoms with van der Waals surface area (Å²) in [4.78, 5) is 37.9. The zero-order chi connectivity index (χ0) is 60.7. The number of carbonyl (C=O) groups is 2. The lowest BCUT2D eigenvalue weighted by molar-refractivity contribution is -0.870. The number of nitrogens with zero attached hydrogens (tertiary/aromatic N) is 1. The van der Waals surface area contributed by atoms with Crippen LogP contribution in [0.1, 0.15) is 380 Å². The van der Waals surface area contributed by atoms with Crippen LogP contribution in [0.4, 0.5) is 0 Å². The number of phosphoric acid groups is 1. The molecule has 0 spiro atoms. The van der Waals surface area contributed by atoms with E-state index >= 15 is 0 Å². The first kappa shape index (κ1) is 81.5. The first-order valence-electron chi connectivity index (χ1n) is 36.7. The maximum Gasteiger partial charge on any atom is 0.472 e. The Morgan fingerprint density at radius 3 is 1.02 bits per heavy atom. The monoisotopic (exact) mass is 1190 g/mol. The number of esters is 1. The molecule has 0 aromatic rings. The van der Waals surface area contributed by atoms with Crippen LogP contribution < -0.4 is 5.32 Å². The van der Waals surface area contributed by atoms with Gasteiger partial charge >= 0.3 is 13.8 Å². The largest absolute Gasteiger partial charge is 0.472 e. The van der Waals surface area contributed by atoms with Gasteiger partial charge in [0.2, 0.25) is 5.91 Å². The maximum absolute atomic E-state index is 13.6. The lowest BCUT2D eigenvalue weighted by Gasteiger charge is -2.27. The van der Waals surface area contributed by atoms with Gasteiger partial charge in [0.15, 0.2) is 0 Å². The molecule has 3 atom stereocenters. The Balaban J connectivity index is 4.91. The van der Waals surface area contributed by atoms with Gasteiger partial charge in [-0.05, 0) is 57.4 Å². The van der Waals surface area contributed by atoms with Gasteiger partial charge in [-0.25, -0.2) is 4.57 Å². The zero-order valence-electron chi connectivity index (χ0n) is 56.5. The zero-order valence-corrected chi connectivity index (χ0v) is 57.4. The van der Waals surface area contributed by atoms with E-state index in [1.54, 1.807) is 0 Å². The molecule has 9 nitrogen and oxygen atoms in total. The number of phosphoric ester groups is 1. The second-order valence-corrected chi connectivity index (χ2v) is 27.9. The molecule has 492 valence electrons. The fourth-order valence-corrected chi connectivity index (χ4v) is 12.0. The van der Waals surface area contributed by atoms with Gasteiger partial charge in [0.05, 0.1) is 33.8 Å². The SMILES string of the molecule is CCCCCCCC/C=C/CCCCCCCCCCCCCCCCCCCC(=O)NC(COP(=O)(O)OCC[N+](C)(C)C)C(/C=C\CCCCCCCCCCC)OC(=O)CCCCCCCCCCCCCCCCCCCCC. The van der Waals surface area contributed by atoms with Crippen LogP contribution in [-0.4, -0.2) is 74.3 Å². The minimum absolute atomic E-state index is 0.0448. The molecule has 1 amide bonds. The van der Waals surface area contributed by atoms with Crippen molar-refractivity contribution in [1.82, 2.24) is 5.32 Å². The number of amides is 1. The Kier molecular flexibility index (Phi) is 62.4. The van der Waals surface area contributed by atoms with Gasteiger partial charge in [0, 0.05) is 12.8 Å². The van der Waals surface area contributed by atoms with Crippen molar-refractivity contribution in [2.45, 2.75) is 392 Å². The van der Waals surface area contributed by atoms with Gasteiger partial charge in [-0.1, -0.05) is 334 Å². The topological polar surface area (TPSA) is 111 Å². The fraction of sp³-hybridized carbons (Fsp3) is 0.918. The highest BCUT2D eigenvalue weighted by molar-refractivity contribution is 7.47. The Hall–Kier alpha value is -1.51. The number of nitrogens with one attached hydrogen (secondary N) is 1. The summed E-state index contributed by atoms with van der Waals surface area (Å²) in [5.41, 5.74) is 0. The third-order valence-corrected chi connectivity index (χ3v) is 17.9. The standard InChI is InChI=1S/C73H143N2O7P/c1-7-10-13-16-19-22-25-27-29-31-33-34-35-36-37-38-39-40-42-43-45-47-50-53-56-59-62-65-72(76)74-70(69-81-83(78,79)80-68-67-75(4,5)6)71(64-61-58-55-52-49-24-21-18-15-12-9-3)82-73(77)66-63-60-57-54-51-48-46-44-41-32-30-28-26-23-20-17-14-11-8-2/h27,29,61,64,70-71H,7-26,28,30-60,62-63,65-69H2,1-6H3,(H-,74,76,78,79)/p+1/b29-27+,64-61-. The van der Waals surface area contributed by atoms with E-state index in [1.165, 1.54) is 289 Å². The first-order chi connectivity index (χ1) is 40.4. The van der Waals surface area contributed by atoms with E-state index in [0.717, 1.165) is 57.8 Å². The lowest BCUT2D eigenvalue weighted by atomic mass is 10.0. The number of hydrogen-bond donors (Lipinski definition) is 2. The Labute approximate surface area is 517 Å². The molecule has 0 rings (SSSR count).